The largest absolute Gasteiger partial charge is 0.425 e. The Morgan fingerprint density at radius 2 is 1.91 bits per heavy atom. The molecule has 22 heavy (non-hydrogen) atoms. The van der Waals surface area contributed by atoms with Gasteiger partial charge in [0.05, 0.1) is 11.0 Å². The van der Waals surface area contributed by atoms with E-state index in [0.717, 1.165) is 16.4 Å². The van der Waals surface area contributed by atoms with Gasteiger partial charge in [-0.15, -0.1) is 0 Å². The first-order chi connectivity index (χ1) is 10.7. The normalized spacial score (nSPS) is 11.1. The second-order valence-corrected chi connectivity index (χ2v) is 5.00. The summed E-state index contributed by atoms with van der Waals surface area (Å²) in [5, 5.41) is 0.844. The summed E-state index contributed by atoms with van der Waals surface area (Å²) in [6, 6.07) is 16.8. The lowest BCUT2D eigenvalue weighted by molar-refractivity contribution is 0.427. The number of ether oxygens (including phenoxy) is 1. The first-order valence-electron chi connectivity index (χ1n) is 6.84. The van der Waals surface area contributed by atoms with E-state index < -0.39 is 0 Å². The number of hydrogen-bond acceptors (Lipinski definition) is 4. The van der Waals surface area contributed by atoms with Crippen LogP contribution in [0.3, 0.4) is 0 Å². The van der Waals surface area contributed by atoms with Crippen LogP contribution in [0.5, 0.6) is 11.8 Å². The molecule has 4 aromatic rings. The fourth-order valence-corrected chi connectivity index (χ4v) is 2.42. The minimum absolute atomic E-state index is 0.382. The second-order valence-electron chi connectivity index (χ2n) is 5.00. The number of fused-ring (bicyclic) bond motifs is 2. The lowest BCUT2D eigenvalue weighted by Gasteiger charge is -2.05. The van der Waals surface area contributed by atoms with Crippen LogP contribution in [-0.4, -0.2) is 9.55 Å². The van der Waals surface area contributed by atoms with Crippen molar-refractivity contribution in [3.63, 3.8) is 0 Å². The maximum atomic E-state index is 11.3. The molecule has 0 aliphatic heterocycles. The van der Waals surface area contributed by atoms with Gasteiger partial charge in [-0.25, -0.2) is 4.79 Å². The summed E-state index contributed by atoms with van der Waals surface area (Å²) in [6.07, 6.45) is 0. The zero-order valence-corrected chi connectivity index (χ0v) is 11.8. The Bertz CT molecular complexity index is 1050. The highest BCUT2D eigenvalue weighted by Gasteiger charge is 2.10. The van der Waals surface area contributed by atoms with E-state index in [1.54, 1.807) is 12.1 Å². The zero-order chi connectivity index (χ0) is 15.1. The standard InChI is InChI=1S/C17H12N2O3/c1-19-14-5-3-2-4-13(14)18-17(19)21-12-8-6-11-7-9-16(20)22-15(11)10-12/h2-10H,1H3. The minimum Gasteiger partial charge on any atom is -0.425 e. The second kappa shape index (κ2) is 4.73. The van der Waals surface area contributed by atoms with Crippen LogP contribution in [0.2, 0.25) is 0 Å². The van der Waals surface area contributed by atoms with Crippen molar-refractivity contribution in [2.45, 2.75) is 0 Å². The fourth-order valence-electron chi connectivity index (χ4n) is 2.42. The molecule has 2 aromatic heterocycles. The Morgan fingerprint density at radius 1 is 1.09 bits per heavy atom. The van der Waals surface area contributed by atoms with Crippen LogP contribution in [0.15, 0.2) is 63.8 Å². The van der Waals surface area contributed by atoms with Crippen LogP contribution in [0.4, 0.5) is 0 Å². The van der Waals surface area contributed by atoms with Crippen molar-refractivity contribution in [3.05, 3.63) is 65.0 Å². The first-order valence-corrected chi connectivity index (χ1v) is 6.84. The van der Waals surface area contributed by atoms with Crippen molar-refractivity contribution in [1.29, 1.82) is 0 Å². The molecular formula is C17H12N2O3. The fraction of sp³-hybridized carbons (Fsp3) is 0.0588. The highest BCUT2D eigenvalue weighted by Crippen LogP contribution is 2.26. The van der Waals surface area contributed by atoms with Gasteiger partial charge in [-0.05, 0) is 30.3 Å². The number of benzene rings is 2. The van der Waals surface area contributed by atoms with Gasteiger partial charge in [-0.1, -0.05) is 12.1 Å². The van der Waals surface area contributed by atoms with E-state index in [0.29, 0.717) is 17.3 Å². The number of aromatic nitrogens is 2. The van der Waals surface area contributed by atoms with Crippen molar-refractivity contribution >= 4 is 22.0 Å². The molecule has 0 unspecified atom stereocenters. The molecule has 4 rings (SSSR count). The molecule has 0 spiro atoms. The van der Waals surface area contributed by atoms with Gasteiger partial charge in [-0.3, -0.25) is 4.57 Å². The van der Waals surface area contributed by atoms with E-state index in [1.165, 1.54) is 6.07 Å². The average molecular weight is 292 g/mol. The number of hydrogen-bond donors (Lipinski definition) is 0. The molecule has 5 heteroatoms. The number of para-hydroxylation sites is 2. The van der Waals surface area contributed by atoms with Crippen LogP contribution in [-0.2, 0) is 7.05 Å². The van der Waals surface area contributed by atoms with Crippen LogP contribution < -0.4 is 10.4 Å². The summed E-state index contributed by atoms with van der Waals surface area (Å²) >= 11 is 0. The molecule has 5 nitrogen and oxygen atoms in total. The van der Waals surface area contributed by atoms with E-state index >= 15 is 0 Å². The summed E-state index contributed by atoms with van der Waals surface area (Å²) in [5.41, 5.74) is 1.97. The number of rotatable bonds is 2. The topological polar surface area (TPSA) is 57.3 Å². The zero-order valence-electron chi connectivity index (χ0n) is 11.8. The lowest BCUT2D eigenvalue weighted by Crippen LogP contribution is -1.96. The maximum Gasteiger partial charge on any atom is 0.336 e. The van der Waals surface area contributed by atoms with E-state index in [4.69, 9.17) is 9.15 Å². The maximum absolute atomic E-state index is 11.3. The summed E-state index contributed by atoms with van der Waals surface area (Å²) in [6.45, 7) is 0. The molecular weight excluding hydrogens is 280 g/mol. The van der Waals surface area contributed by atoms with Gasteiger partial charge in [-0.2, -0.15) is 4.98 Å². The van der Waals surface area contributed by atoms with Gasteiger partial charge in [0, 0.05) is 24.6 Å². The van der Waals surface area contributed by atoms with Gasteiger partial charge in [0.1, 0.15) is 11.3 Å². The molecule has 0 aliphatic carbocycles. The van der Waals surface area contributed by atoms with E-state index in [-0.39, 0.29) is 5.63 Å². The van der Waals surface area contributed by atoms with E-state index in [2.05, 4.69) is 4.98 Å². The molecule has 0 atom stereocenters. The van der Waals surface area contributed by atoms with Gasteiger partial charge < -0.3 is 9.15 Å². The van der Waals surface area contributed by atoms with E-state index in [9.17, 15) is 4.79 Å². The van der Waals surface area contributed by atoms with Crippen molar-refractivity contribution in [2.75, 3.05) is 0 Å². The summed E-state index contributed by atoms with van der Waals surface area (Å²) < 4.78 is 12.9. The van der Waals surface area contributed by atoms with Crippen LogP contribution in [0.25, 0.3) is 22.0 Å². The Balaban J connectivity index is 1.78. The average Bonchev–Trinajstić information content (AvgIpc) is 2.84. The quantitative estimate of drug-likeness (QED) is 0.531. The molecule has 0 fully saturated rings. The first kappa shape index (κ1) is 12.6. The van der Waals surface area contributed by atoms with Gasteiger partial charge in [0.25, 0.3) is 0 Å². The summed E-state index contributed by atoms with van der Waals surface area (Å²) in [7, 11) is 1.89. The van der Waals surface area contributed by atoms with Crippen molar-refractivity contribution in [1.82, 2.24) is 9.55 Å². The Hall–Kier alpha value is -3.08. The molecule has 0 bridgehead atoms. The van der Waals surface area contributed by atoms with Crippen LogP contribution >= 0.6 is 0 Å². The molecule has 0 aliphatic rings. The molecule has 2 aromatic carbocycles. The Kier molecular flexibility index (Phi) is 2.72. The third-order valence-corrected chi connectivity index (χ3v) is 3.55. The van der Waals surface area contributed by atoms with Crippen LogP contribution in [0, 0.1) is 0 Å². The molecule has 0 radical (unpaired) electrons. The molecule has 0 N–H and O–H groups in total. The highest BCUT2D eigenvalue weighted by atomic mass is 16.5. The number of imidazole rings is 1. The van der Waals surface area contributed by atoms with Crippen LogP contribution in [0.1, 0.15) is 0 Å². The Labute approximate surface area is 125 Å². The number of nitrogens with zero attached hydrogens (tertiary/aromatic N) is 2. The SMILES string of the molecule is Cn1c(Oc2ccc3ccc(=O)oc3c2)nc2ccccc21. The third-order valence-electron chi connectivity index (χ3n) is 3.55. The number of aryl methyl sites for hydroxylation is 1. The van der Waals surface area contributed by atoms with Gasteiger partial charge in [0.15, 0.2) is 0 Å². The smallest absolute Gasteiger partial charge is 0.336 e. The molecule has 2 heterocycles. The van der Waals surface area contributed by atoms with Crippen molar-refractivity contribution < 1.29 is 9.15 Å². The van der Waals surface area contributed by atoms with Gasteiger partial charge in [0.2, 0.25) is 0 Å². The monoisotopic (exact) mass is 292 g/mol. The highest BCUT2D eigenvalue weighted by molar-refractivity contribution is 5.78. The summed E-state index contributed by atoms with van der Waals surface area (Å²) in [5.74, 6) is 0.570. The van der Waals surface area contributed by atoms with E-state index in [1.807, 2.05) is 48.0 Å². The minimum atomic E-state index is -0.382. The third kappa shape index (κ3) is 2.03. The van der Waals surface area contributed by atoms with Gasteiger partial charge >= 0.3 is 11.6 Å². The predicted octanol–water partition coefficient (Wildman–Crippen LogP) is 3.47. The molecule has 0 saturated heterocycles. The molecule has 0 amide bonds. The molecule has 0 saturated carbocycles. The summed E-state index contributed by atoms with van der Waals surface area (Å²) in [4.78, 5) is 15.8. The van der Waals surface area contributed by atoms with Crippen molar-refractivity contribution in [2.24, 2.45) is 7.05 Å². The Morgan fingerprint density at radius 3 is 2.77 bits per heavy atom. The van der Waals surface area contributed by atoms with Crippen molar-refractivity contribution in [3.8, 4) is 11.8 Å². The molecule has 108 valence electrons. The predicted molar refractivity (Wildman–Crippen MR) is 83.3 cm³/mol. The lowest BCUT2D eigenvalue weighted by atomic mass is 10.2.